The number of nitrogens with two attached hydrogens (primary N) is 1. The molecule has 16 heavy (non-hydrogen) atoms. The maximum Gasteiger partial charge on any atom is 0.450 e. The third-order valence-corrected chi connectivity index (χ3v) is 2.37. The van der Waals surface area contributed by atoms with Crippen molar-refractivity contribution in [1.29, 1.82) is 0 Å². The third-order valence-electron chi connectivity index (χ3n) is 2.37. The Morgan fingerprint density at radius 1 is 1.38 bits per heavy atom. The van der Waals surface area contributed by atoms with Gasteiger partial charge >= 0.3 is 6.18 Å². The van der Waals surface area contributed by atoms with Crippen LogP contribution in [0.25, 0.3) is 5.52 Å². The van der Waals surface area contributed by atoms with Gasteiger partial charge in [0.25, 0.3) is 0 Å². The van der Waals surface area contributed by atoms with Crippen LogP contribution in [0.15, 0.2) is 18.3 Å². The molecule has 2 heterocycles. The number of halogens is 3. The molecule has 2 rings (SSSR count). The molecule has 0 aliphatic heterocycles. The summed E-state index contributed by atoms with van der Waals surface area (Å²) in [5.41, 5.74) is 6.83. The maximum atomic E-state index is 12.7. The molecule has 0 fully saturated rings. The van der Waals surface area contributed by atoms with Crippen molar-refractivity contribution in [3.8, 4) is 0 Å². The van der Waals surface area contributed by atoms with Crippen LogP contribution in [0, 0.1) is 6.92 Å². The number of nitrogens with zero attached hydrogens (tertiary/aromatic N) is 2. The lowest BCUT2D eigenvalue weighted by Gasteiger charge is -2.06. The van der Waals surface area contributed by atoms with Crippen LogP contribution in [0.4, 0.5) is 13.2 Å². The van der Waals surface area contributed by atoms with Crippen molar-refractivity contribution in [1.82, 2.24) is 9.38 Å². The lowest BCUT2D eigenvalue weighted by molar-refractivity contribution is -0.145. The van der Waals surface area contributed by atoms with Crippen LogP contribution in [-0.4, -0.2) is 9.38 Å². The Morgan fingerprint density at radius 2 is 2.06 bits per heavy atom. The van der Waals surface area contributed by atoms with Crippen LogP contribution in [0.3, 0.4) is 0 Å². The molecule has 2 aromatic rings. The molecule has 0 atom stereocenters. The van der Waals surface area contributed by atoms with Gasteiger partial charge < -0.3 is 5.73 Å². The monoisotopic (exact) mass is 229 g/mol. The summed E-state index contributed by atoms with van der Waals surface area (Å²) in [5.74, 6) is -0.907. The summed E-state index contributed by atoms with van der Waals surface area (Å²) >= 11 is 0. The summed E-state index contributed by atoms with van der Waals surface area (Å²) in [6.07, 6.45) is -3.08. The highest BCUT2D eigenvalue weighted by Crippen LogP contribution is 2.30. The average molecular weight is 229 g/mol. The van der Waals surface area contributed by atoms with Crippen molar-refractivity contribution in [2.45, 2.75) is 19.6 Å². The summed E-state index contributed by atoms with van der Waals surface area (Å²) in [6.45, 7) is 1.75. The first-order chi connectivity index (χ1) is 7.43. The van der Waals surface area contributed by atoms with Crippen LogP contribution in [0.2, 0.25) is 0 Å². The number of aromatic nitrogens is 2. The van der Waals surface area contributed by atoms with Gasteiger partial charge in [-0.2, -0.15) is 13.2 Å². The van der Waals surface area contributed by atoms with Gasteiger partial charge in [0.2, 0.25) is 5.82 Å². The van der Waals surface area contributed by atoms with Crippen molar-refractivity contribution in [2.24, 2.45) is 5.73 Å². The minimum Gasteiger partial charge on any atom is -0.326 e. The van der Waals surface area contributed by atoms with Gasteiger partial charge in [-0.3, -0.25) is 4.40 Å². The second-order valence-electron chi connectivity index (χ2n) is 3.52. The van der Waals surface area contributed by atoms with Gasteiger partial charge in [-0.05, 0) is 18.6 Å². The quantitative estimate of drug-likeness (QED) is 0.813. The highest BCUT2D eigenvalue weighted by molar-refractivity contribution is 5.53. The number of imidazole rings is 1. The Bertz CT molecular complexity index is 528. The molecule has 0 saturated carbocycles. The van der Waals surface area contributed by atoms with E-state index in [2.05, 4.69) is 4.98 Å². The van der Waals surface area contributed by atoms with Crippen molar-refractivity contribution in [2.75, 3.05) is 0 Å². The lowest BCUT2D eigenvalue weighted by Crippen LogP contribution is -2.11. The Balaban J connectivity index is 2.75. The summed E-state index contributed by atoms with van der Waals surface area (Å²) in [4.78, 5) is 3.53. The van der Waals surface area contributed by atoms with Crippen molar-refractivity contribution in [3.05, 3.63) is 35.4 Å². The second-order valence-corrected chi connectivity index (χ2v) is 3.52. The van der Waals surface area contributed by atoms with E-state index in [0.717, 1.165) is 4.40 Å². The van der Waals surface area contributed by atoms with Crippen LogP contribution in [0.1, 0.15) is 17.1 Å². The molecule has 0 aliphatic rings. The average Bonchev–Trinajstić information content (AvgIpc) is 2.55. The standard InChI is InChI=1S/C10H10F3N3/c1-6-8-3-2-7(4-14)5-16(8)9(15-6)10(11,12)13/h2-3,5H,4,14H2,1H3. The second kappa shape index (κ2) is 3.48. The first-order valence-electron chi connectivity index (χ1n) is 4.68. The molecule has 0 aromatic carbocycles. The molecule has 0 amide bonds. The predicted octanol–water partition coefficient (Wildman–Crippen LogP) is 2.12. The molecule has 6 heteroatoms. The minimum absolute atomic E-state index is 0.199. The minimum atomic E-state index is -4.45. The molecule has 2 aromatic heterocycles. The van der Waals surface area contributed by atoms with Crippen LogP contribution in [-0.2, 0) is 12.7 Å². The fourth-order valence-electron chi connectivity index (χ4n) is 1.61. The number of aryl methyl sites for hydroxylation is 1. The number of hydrogen-bond acceptors (Lipinski definition) is 2. The molecule has 2 N–H and O–H groups in total. The van der Waals surface area contributed by atoms with Gasteiger partial charge in [0, 0.05) is 12.7 Å². The topological polar surface area (TPSA) is 43.3 Å². The van der Waals surface area contributed by atoms with Gasteiger partial charge in [0.05, 0.1) is 11.2 Å². The summed E-state index contributed by atoms with van der Waals surface area (Å²) in [5, 5.41) is 0. The fourth-order valence-corrected chi connectivity index (χ4v) is 1.61. The zero-order valence-electron chi connectivity index (χ0n) is 8.54. The Hall–Kier alpha value is -1.56. The molecule has 0 aliphatic carbocycles. The number of alkyl halides is 3. The van der Waals surface area contributed by atoms with Crippen molar-refractivity contribution in [3.63, 3.8) is 0 Å². The van der Waals surface area contributed by atoms with E-state index < -0.39 is 12.0 Å². The van der Waals surface area contributed by atoms with Gasteiger partial charge in [-0.15, -0.1) is 0 Å². The van der Waals surface area contributed by atoms with Crippen molar-refractivity contribution >= 4 is 5.52 Å². The Kier molecular flexibility index (Phi) is 2.38. The van der Waals surface area contributed by atoms with Gasteiger partial charge in [-0.25, -0.2) is 4.98 Å². The number of rotatable bonds is 1. The zero-order valence-corrected chi connectivity index (χ0v) is 8.54. The fraction of sp³-hybridized carbons (Fsp3) is 0.300. The van der Waals surface area contributed by atoms with E-state index in [4.69, 9.17) is 5.73 Å². The van der Waals surface area contributed by atoms with Gasteiger partial charge in [0.15, 0.2) is 0 Å². The Labute approximate surface area is 89.7 Å². The molecule has 0 saturated heterocycles. The van der Waals surface area contributed by atoms with Crippen molar-refractivity contribution < 1.29 is 13.2 Å². The molecular weight excluding hydrogens is 219 g/mol. The molecule has 3 nitrogen and oxygen atoms in total. The smallest absolute Gasteiger partial charge is 0.326 e. The summed E-state index contributed by atoms with van der Waals surface area (Å²) < 4.78 is 39.0. The molecule has 0 spiro atoms. The van der Waals surface area contributed by atoms with E-state index >= 15 is 0 Å². The normalized spacial score (nSPS) is 12.3. The van der Waals surface area contributed by atoms with E-state index in [9.17, 15) is 13.2 Å². The summed E-state index contributed by atoms with van der Waals surface area (Å²) in [6, 6.07) is 3.30. The maximum absolute atomic E-state index is 12.7. The van der Waals surface area contributed by atoms with E-state index in [-0.39, 0.29) is 6.54 Å². The third kappa shape index (κ3) is 1.65. The Morgan fingerprint density at radius 3 is 2.62 bits per heavy atom. The first-order valence-corrected chi connectivity index (χ1v) is 4.68. The van der Waals surface area contributed by atoms with Crippen LogP contribution in [0.5, 0.6) is 0 Å². The highest BCUT2D eigenvalue weighted by Gasteiger charge is 2.36. The SMILES string of the molecule is Cc1nc(C(F)(F)F)n2cc(CN)ccc12. The largest absolute Gasteiger partial charge is 0.450 e. The van der Waals surface area contributed by atoms with E-state index in [1.54, 1.807) is 19.1 Å². The number of hydrogen-bond donors (Lipinski definition) is 1. The predicted molar refractivity (Wildman–Crippen MR) is 52.8 cm³/mol. The van der Waals surface area contributed by atoms with E-state index in [0.29, 0.717) is 16.8 Å². The van der Waals surface area contributed by atoms with Gasteiger partial charge in [0.1, 0.15) is 0 Å². The summed E-state index contributed by atoms with van der Waals surface area (Å²) in [7, 11) is 0. The molecule has 0 radical (unpaired) electrons. The van der Waals surface area contributed by atoms with Gasteiger partial charge in [-0.1, -0.05) is 6.07 Å². The number of fused-ring (bicyclic) bond motifs is 1. The lowest BCUT2D eigenvalue weighted by atomic mass is 10.2. The molecule has 86 valence electrons. The van der Waals surface area contributed by atoms with E-state index in [1.165, 1.54) is 6.20 Å². The zero-order chi connectivity index (χ0) is 11.9. The molecular formula is C10H10F3N3. The highest BCUT2D eigenvalue weighted by atomic mass is 19.4. The van der Waals surface area contributed by atoms with Crippen LogP contribution >= 0.6 is 0 Å². The molecule has 0 unspecified atom stereocenters. The van der Waals surface area contributed by atoms with Crippen LogP contribution < -0.4 is 5.73 Å². The molecule has 0 bridgehead atoms. The first kappa shape index (κ1) is 10.9. The van der Waals surface area contributed by atoms with E-state index in [1.807, 2.05) is 0 Å². The number of pyridine rings is 1.